The molecule has 0 radical (unpaired) electrons. The quantitative estimate of drug-likeness (QED) is 0.149. The van der Waals surface area contributed by atoms with Crippen molar-refractivity contribution < 1.29 is 19.2 Å². The Balaban J connectivity index is 0.993. The van der Waals surface area contributed by atoms with E-state index in [1.165, 1.54) is 29.3 Å². The Morgan fingerprint density at radius 2 is 0.850 bits per heavy atom. The molecule has 0 saturated carbocycles. The van der Waals surface area contributed by atoms with E-state index >= 15 is 0 Å². The van der Waals surface area contributed by atoms with Gasteiger partial charge in [-0.25, -0.2) is 0 Å². The smallest absolute Gasteiger partial charge is 0.252 e. The van der Waals surface area contributed by atoms with Gasteiger partial charge in [-0.3, -0.25) is 0 Å². The van der Waals surface area contributed by atoms with Crippen molar-refractivity contribution >= 4 is 123 Å². The molecule has 13 aromatic carbocycles. The monoisotopic (exact) mass is 1300 g/mol. The first-order valence-electron chi connectivity index (χ1n) is 41.1. The predicted octanol–water partition coefficient (Wildman–Crippen LogP) is 22.8. The van der Waals surface area contributed by atoms with Gasteiger partial charge in [0.2, 0.25) is 0 Å². The van der Waals surface area contributed by atoms with Gasteiger partial charge in [-0.2, -0.15) is 5.26 Å². The van der Waals surface area contributed by atoms with Gasteiger partial charge in [-0.15, -0.1) is 0 Å². The topological polar surface area (TPSA) is 45.1 Å². The van der Waals surface area contributed by atoms with E-state index in [1.807, 2.05) is 103 Å². The molecule has 2 aliphatic rings. The number of fused-ring (bicyclic) bond motifs is 13. The molecule has 5 heterocycles. The Labute approximate surface area is 605 Å². The molecule has 0 amide bonds. The van der Waals surface area contributed by atoms with Gasteiger partial charge >= 0.3 is 0 Å². The summed E-state index contributed by atoms with van der Waals surface area (Å²) in [6.45, 7) is 14.0. The first-order chi connectivity index (χ1) is 54.0. The van der Waals surface area contributed by atoms with Crippen LogP contribution >= 0.6 is 0 Å². The molecule has 16 aromatic rings. The van der Waals surface area contributed by atoms with Gasteiger partial charge < -0.3 is 23.5 Å². The fourth-order valence-electron chi connectivity index (χ4n) is 15.8. The van der Waals surface area contributed by atoms with Crippen molar-refractivity contribution in [2.24, 2.45) is 0 Å². The summed E-state index contributed by atoms with van der Waals surface area (Å²) in [6.07, 6.45) is 0. The van der Waals surface area contributed by atoms with Crippen molar-refractivity contribution in [2.45, 2.75) is 92.3 Å². The molecule has 7 heteroatoms. The zero-order valence-corrected chi connectivity index (χ0v) is 57.0. The van der Waals surface area contributed by atoms with Crippen molar-refractivity contribution in [1.82, 2.24) is 13.7 Å². The van der Waals surface area contributed by atoms with Crippen LogP contribution in [0.25, 0.3) is 105 Å². The number of nitriles is 1. The second-order valence-electron chi connectivity index (χ2n) is 29.9. The third kappa shape index (κ3) is 9.44. The molecule has 18 rings (SSSR count). The van der Waals surface area contributed by atoms with E-state index in [-0.39, 0.29) is 43.8 Å². The molecule has 0 atom stereocenters. The van der Waals surface area contributed by atoms with Crippen molar-refractivity contribution in [1.29, 1.82) is 5.26 Å². The third-order valence-corrected chi connectivity index (χ3v) is 20.7. The van der Waals surface area contributed by atoms with Crippen LogP contribution in [-0.2, 0) is 16.2 Å². The average Bonchev–Trinajstić information content (AvgIpc) is 0.767. The van der Waals surface area contributed by atoms with Gasteiger partial charge in [-0.05, 0) is 195 Å². The maximum atomic E-state index is 11.4. The fraction of sp³-hybridized carbons (Fsp3) is 0.151. The number of hydrogen-bond donors (Lipinski definition) is 0. The Morgan fingerprint density at radius 3 is 1.41 bits per heavy atom. The fourth-order valence-corrected chi connectivity index (χ4v) is 15.8. The van der Waals surface area contributed by atoms with Gasteiger partial charge in [0, 0.05) is 85.9 Å². The molecule has 0 bridgehead atoms. The number of aromatic nitrogens is 3. The largest absolute Gasteiger partial charge is 0.311 e. The summed E-state index contributed by atoms with van der Waals surface area (Å²) >= 11 is 0. The third-order valence-electron chi connectivity index (χ3n) is 20.7. The van der Waals surface area contributed by atoms with Gasteiger partial charge in [0.05, 0.1) is 61.0 Å². The lowest BCUT2D eigenvalue weighted by Crippen LogP contribution is -2.61. The van der Waals surface area contributed by atoms with E-state index in [4.69, 9.17) is 11.0 Å². The molecule has 482 valence electrons. The van der Waals surface area contributed by atoms with Gasteiger partial charge in [-0.1, -0.05) is 225 Å². The second-order valence-corrected chi connectivity index (χ2v) is 29.9. The summed E-state index contributed by atoms with van der Waals surface area (Å²) in [5.74, 6) is 0. The van der Waals surface area contributed by atoms with Crippen LogP contribution < -0.4 is 26.2 Å². The van der Waals surface area contributed by atoms with E-state index in [0.717, 1.165) is 99.6 Å². The zero-order valence-electron chi connectivity index (χ0n) is 71.0. The number of hydrogen-bond acceptors (Lipinski definition) is 3. The first-order valence-corrected chi connectivity index (χ1v) is 34.1. The van der Waals surface area contributed by atoms with Crippen molar-refractivity contribution in [3.05, 3.63) is 300 Å². The van der Waals surface area contributed by atoms with Crippen molar-refractivity contribution in [2.75, 3.05) is 9.80 Å². The number of nitrogens with zero attached hydrogens (tertiary/aromatic N) is 6. The van der Waals surface area contributed by atoms with Crippen LogP contribution in [0.1, 0.15) is 115 Å². The summed E-state index contributed by atoms with van der Waals surface area (Å²) in [5.41, 5.74) is 17.5. The number of rotatable bonds is 7. The molecule has 100 heavy (non-hydrogen) atoms. The van der Waals surface area contributed by atoms with Gasteiger partial charge in [0.25, 0.3) is 6.71 Å². The SMILES string of the molecule is [2H]c1c([2H])c([2H])c2c(c1[2H])c1c([2H])c([2H])c([2H])c([2H])c1n2-c1ccc2c(c1)N(c1ccc(-c3cc(C([2H])([2H])[2H])cc(C([2H])([2H])[2H])c3)cc1-c1ccccc1)c1cc(C(C)(C)C)cc3c1B2c1ccc(-n2c4ccc(C(C)(C)C)cc4c4cc(C(C)(C)C)ccc42)cc1N3c1ccc(C#N)c(-n2c3ccccc3c3ccccc32)c1. The van der Waals surface area contributed by atoms with E-state index in [0.29, 0.717) is 45.0 Å². The van der Waals surface area contributed by atoms with Crippen LogP contribution in [0.15, 0.2) is 267 Å². The van der Waals surface area contributed by atoms with Crippen LogP contribution in [-0.4, -0.2) is 20.4 Å². The standard InChI is InChI=1S/C93H77BN6/c1-57-45-58(2)47-62(46-57)60-34-42-82(73(48-60)59-23-13-12-14-24-59)100-87-55-68(96-78-29-19-15-25-69(78)70-26-16-20-30-79(70)96)39-41-77(87)94-76-40-38-67(97-83-43-35-63(91(3,4)5)49-74(83)75-50-64(92(6,7)8)36-44-84(75)97)54-86(76)98(88-51-65(93(9,10)11)52-89(100)90(88)94)66-37-33-61(56-95)85(53-66)99-80-31-21-17-27-71(80)72-28-18-22-32-81(72)99/h12-55H,1-11H3/i1D3,2D3,15D,16D,19D,20D,25D,26D,29D,30D. The highest BCUT2D eigenvalue weighted by Crippen LogP contribution is 2.51. The molecule has 6 nitrogen and oxygen atoms in total. The Bertz CT molecular complexity index is 6680. The lowest BCUT2D eigenvalue weighted by Gasteiger charge is -2.45. The van der Waals surface area contributed by atoms with Crippen molar-refractivity contribution in [3.63, 3.8) is 0 Å². The molecule has 0 saturated heterocycles. The Kier molecular flexibility index (Phi) is 10.5. The summed E-state index contributed by atoms with van der Waals surface area (Å²) in [5, 5.41) is 15.6. The Hall–Kier alpha value is -11.6. The average molecular weight is 1300 g/mol. The maximum absolute atomic E-state index is 11.4. The second kappa shape index (κ2) is 22.2. The first kappa shape index (κ1) is 47.4. The molecule has 3 aromatic heterocycles. The molecule has 0 N–H and O–H groups in total. The van der Waals surface area contributed by atoms with Crippen LogP contribution in [0.2, 0.25) is 0 Å². The number of benzene rings is 13. The number of anilines is 6. The van der Waals surface area contributed by atoms with Gasteiger partial charge in [0.15, 0.2) is 0 Å². The summed E-state index contributed by atoms with van der Waals surface area (Å²) in [6, 6.07) is 71.7. The number of aryl methyl sites for hydroxylation is 2. The summed E-state index contributed by atoms with van der Waals surface area (Å²) in [4.78, 5) is 4.55. The minimum Gasteiger partial charge on any atom is -0.311 e. The highest BCUT2D eigenvalue weighted by Gasteiger charge is 2.45. The maximum Gasteiger partial charge on any atom is 0.252 e. The summed E-state index contributed by atoms with van der Waals surface area (Å²) < 4.78 is 133. The molecule has 0 unspecified atom stereocenters. The molecule has 0 aliphatic carbocycles. The predicted molar refractivity (Wildman–Crippen MR) is 425 cm³/mol. The van der Waals surface area contributed by atoms with E-state index in [2.05, 4.69) is 184 Å². The molecular formula is C93H77BN6. The highest BCUT2D eigenvalue weighted by atomic mass is 15.2. The minimum absolute atomic E-state index is 0.0451. The summed E-state index contributed by atoms with van der Waals surface area (Å²) in [7, 11) is 0. The molecule has 0 spiro atoms. The highest BCUT2D eigenvalue weighted by molar-refractivity contribution is 7.00. The van der Waals surface area contributed by atoms with E-state index in [9.17, 15) is 13.5 Å². The number of para-hydroxylation sites is 4. The lowest BCUT2D eigenvalue weighted by atomic mass is 9.33. The van der Waals surface area contributed by atoms with Crippen molar-refractivity contribution in [3.8, 4) is 45.4 Å². The van der Waals surface area contributed by atoms with Crippen LogP contribution in [0.5, 0.6) is 0 Å². The molecular weight excluding hydrogens is 1210 g/mol. The molecule has 2 aliphatic heterocycles. The zero-order chi connectivity index (χ0) is 80.4. The van der Waals surface area contributed by atoms with E-state index in [1.54, 1.807) is 4.57 Å². The van der Waals surface area contributed by atoms with Crippen LogP contribution in [0, 0.1) is 25.0 Å². The van der Waals surface area contributed by atoms with Crippen LogP contribution in [0.3, 0.4) is 0 Å². The minimum atomic E-state index is -2.67. The normalized spacial score (nSPS) is 15.3. The van der Waals surface area contributed by atoms with Gasteiger partial charge in [0.1, 0.15) is 6.07 Å². The van der Waals surface area contributed by atoms with E-state index < -0.39 is 74.2 Å². The molecule has 0 fully saturated rings. The Morgan fingerprint density at radius 1 is 0.350 bits per heavy atom. The lowest BCUT2D eigenvalue weighted by molar-refractivity contribution is 0.590. The van der Waals surface area contributed by atoms with Crippen LogP contribution in [0.4, 0.5) is 34.1 Å².